The van der Waals surface area contributed by atoms with E-state index >= 15 is 0 Å². The molecular weight excluding hydrogens is 240 g/mol. The topological polar surface area (TPSA) is 24.4 Å². The second-order valence-corrected chi connectivity index (χ2v) is 7.12. The molecule has 0 aromatic rings. The highest BCUT2D eigenvalue weighted by molar-refractivity contribution is 8.14. The quantitative estimate of drug-likeness (QED) is 0.831. The number of nitrogens with zero attached hydrogens (tertiary/aromatic N) is 1. The molecule has 1 fully saturated rings. The third-order valence-electron chi connectivity index (χ3n) is 4.41. The Balaban J connectivity index is 1.88. The van der Waals surface area contributed by atoms with Crippen LogP contribution in [0.2, 0.25) is 0 Å². The molecule has 0 aromatic carbocycles. The number of rotatable bonds is 4. The lowest BCUT2D eigenvalue weighted by Gasteiger charge is -2.30. The minimum Gasteiger partial charge on any atom is -0.362 e. The Hall–Kier alpha value is -0.180. The summed E-state index contributed by atoms with van der Waals surface area (Å²) in [6.45, 7) is 6.86. The molecule has 0 amide bonds. The van der Waals surface area contributed by atoms with Crippen molar-refractivity contribution in [3.05, 3.63) is 0 Å². The Labute approximate surface area is 116 Å². The first kappa shape index (κ1) is 14.2. The molecule has 2 rings (SSSR count). The van der Waals surface area contributed by atoms with Crippen molar-refractivity contribution in [1.82, 2.24) is 5.32 Å². The van der Waals surface area contributed by atoms with Crippen LogP contribution in [0, 0.1) is 11.8 Å². The van der Waals surface area contributed by atoms with Gasteiger partial charge in [0.1, 0.15) is 0 Å². The van der Waals surface area contributed by atoms with Crippen LogP contribution in [0.3, 0.4) is 0 Å². The zero-order chi connectivity index (χ0) is 13.0. The van der Waals surface area contributed by atoms with E-state index < -0.39 is 0 Å². The van der Waals surface area contributed by atoms with Gasteiger partial charge in [-0.15, -0.1) is 0 Å². The third-order valence-corrected chi connectivity index (χ3v) is 5.42. The summed E-state index contributed by atoms with van der Waals surface area (Å²) in [5, 5.41) is 4.95. The van der Waals surface area contributed by atoms with Crippen molar-refractivity contribution >= 4 is 16.9 Å². The van der Waals surface area contributed by atoms with E-state index in [2.05, 4.69) is 26.1 Å². The molecule has 0 bridgehead atoms. The van der Waals surface area contributed by atoms with E-state index in [-0.39, 0.29) is 0 Å². The van der Waals surface area contributed by atoms with Crippen molar-refractivity contribution in [3.8, 4) is 0 Å². The van der Waals surface area contributed by atoms with E-state index in [9.17, 15) is 0 Å². The van der Waals surface area contributed by atoms with Crippen LogP contribution in [0.25, 0.3) is 0 Å². The lowest BCUT2D eigenvalue weighted by Crippen LogP contribution is -2.39. The van der Waals surface area contributed by atoms with Gasteiger partial charge in [-0.2, -0.15) is 0 Å². The largest absolute Gasteiger partial charge is 0.362 e. The van der Waals surface area contributed by atoms with Crippen LogP contribution < -0.4 is 5.32 Å². The normalized spacial score (nSPS) is 27.3. The Morgan fingerprint density at radius 1 is 1.28 bits per heavy atom. The molecule has 18 heavy (non-hydrogen) atoms. The van der Waals surface area contributed by atoms with Crippen LogP contribution in [0.1, 0.15) is 59.3 Å². The molecule has 0 spiro atoms. The van der Waals surface area contributed by atoms with Gasteiger partial charge in [0, 0.05) is 11.8 Å². The van der Waals surface area contributed by atoms with Crippen molar-refractivity contribution in [1.29, 1.82) is 0 Å². The highest BCUT2D eigenvalue weighted by Crippen LogP contribution is 2.29. The fourth-order valence-corrected chi connectivity index (χ4v) is 4.29. The molecule has 0 aromatic heterocycles. The van der Waals surface area contributed by atoms with Gasteiger partial charge in [0.05, 0.1) is 6.04 Å². The summed E-state index contributed by atoms with van der Waals surface area (Å²) >= 11 is 1.93. The first-order chi connectivity index (χ1) is 8.70. The maximum Gasteiger partial charge on any atom is 0.157 e. The van der Waals surface area contributed by atoms with Gasteiger partial charge in [-0.05, 0) is 31.1 Å². The summed E-state index contributed by atoms with van der Waals surface area (Å²) in [5.41, 5.74) is 0. The van der Waals surface area contributed by atoms with E-state index in [1.165, 1.54) is 49.4 Å². The second kappa shape index (κ2) is 6.83. The molecular formula is C15H28N2S. The zero-order valence-corrected chi connectivity index (χ0v) is 12.9. The highest BCUT2D eigenvalue weighted by atomic mass is 32.2. The monoisotopic (exact) mass is 268 g/mol. The van der Waals surface area contributed by atoms with E-state index in [4.69, 9.17) is 4.99 Å². The van der Waals surface area contributed by atoms with Crippen LogP contribution in [-0.2, 0) is 0 Å². The molecule has 2 aliphatic rings. The van der Waals surface area contributed by atoms with Gasteiger partial charge >= 0.3 is 0 Å². The summed E-state index contributed by atoms with van der Waals surface area (Å²) in [4.78, 5) is 4.84. The molecule has 0 saturated heterocycles. The lowest BCUT2D eigenvalue weighted by atomic mass is 9.83. The maximum atomic E-state index is 4.84. The number of amidine groups is 1. The highest BCUT2D eigenvalue weighted by Gasteiger charge is 2.26. The summed E-state index contributed by atoms with van der Waals surface area (Å²) in [7, 11) is 0. The van der Waals surface area contributed by atoms with Gasteiger partial charge in [-0.25, -0.2) is 0 Å². The number of hydrogen-bond acceptors (Lipinski definition) is 3. The Morgan fingerprint density at radius 2 is 2.00 bits per heavy atom. The molecule has 1 saturated carbocycles. The SMILES string of the molecule is CCC(NC1=N[C@@H](C(C)C)CS1)C1CCCCC1. The van der Waals surface area contributed by atoms with Crippen LogP contribution >= 0.6 is 11.8 Å². The number of nitrogens with one attached hydrogen (secondary N) is 1. The van der Waals surface area contributed by atoms with Gasteiger partial charge in [0.25, 0.3) is 0 Å². The first-order valence-electron chi connectivity index (χ1n) is 7.67. The van der Waals surface area contributed by atoms with Crippen molar-refractivity contribution < 1.29 is 0 Å². The van der Waals surface area contributed by atoms with Gasteiger partial charge < -0.3 is 5.32 Å². The Bertz CT molecular complexity index is 282. The van der Waals surface area contributed by atoms with Gasteiger partial charge in [0.2, 0.25) is 0 Å². The number of thioether (sulfide) groups is 1. The summed E-state index contributed by atoms with van der Waals surface area (Å²) in [6, 6.07) is 1.18. The molecule has 0 radical (unpaired) electrons. The molecule has 1 unspecified atom stereocenters. The van der Waals surface area contributed by atoms with Gasteiger partial charge in [-0.3, -0.25) is 4.99 Å². The number of hydrogen-bond donors (Lipinski definition) is 1. The van der Waals surface area contributed by atoms with Crippen LogP contribution in [0.15, 0.2) is 4.99 Å². The average molecular weight is 268 g/mol. The van der Waals surface area contributed by atoms with Gasteiger partial charge in [0.15, 0.2) is 5.17 Å². The van der Waals surface area contributed by atoms with Crippen LogP contribution in [0.4, 0.5) is 0 Å². The predicted octanol–water partition coefficient (Wildman–Crippen LogP) is 4.06. The molecule has 1 aliphatic carbocycles. The van der Waals surface area contributed by atoms with Crippen molar-refractivity contribution in [2.24, 2.45) is 16.8 Å². The van der Waals surface area contributed by atoms with Crippen molar-refractivity contribution in [2.75, 3.05) is 5.75 Å². The summed E-state index contributed by atoms with van der Waals surface area (Å²) in [5.74, 6) is 2.72. The molecule has 2 nitrogen and oxygen atoms in total. The van der Waals surface area contributed by atoms with Crippen molar-refractivity contribution in [2.45, 2.75) is 71.4 Å². The second-order valence-electron chi connectivity index (χ2n) is 6.11. The van der Waals surface area contributed by atoms with E-state index in [0.717, 1.165) is 5.92 Å². The van der Waals surface area contributed by atoms with Crippen molar-refractivity contribution in [3.63, 3.8) is 0 Å². The minimum atomic E-state index is 0.529. The minimum absolute atomic E-state index is 0.529. The molecule has 2 atom stereocenters. The number of aliphatic imine (C=N–C) groups is 1. The smallest absolute Gasteiger partial charge is 0.157 e. The van der Waals surface area contributed by atoms with Crippen LogP contribution in [0.5, 0.6) is 0 Å². The molecule has 1 N–H and O–H groups in total. The molecule has 104 valence electrons. The first-order valence-corrected chi connectivity index (χ1v) is 8.66. The Morgan fingerprint density at radius 3 is 2.56 bits per heavy atom. The Kier molecular flexibility index (Phi) is 5.40. The molecule has 1 heterocycles. The predicted molar refractivity (Wildman–Crippen MR) is 82.3 cm³/mol. The maximum absolute atomic E-state index is 4.84. The standard InChI is InChI=1S/C15H28N2S/c1-4-13(12-8-6-5-7-9-12)16-15-17-14(10-18-15)11(2)3/h11-14H,4-10H2,1-3H3,(H,16,17)/t13?,14-/m1/s1. The zero-order valence-electron chi connectivity index (χ0n) is 12.1. The fraction of sp³-hybridized carbons (Fsp3) is 0.933. The van der Waals surface area contributed by atoms with E-state index in [0.29, 0.717) is 18.0 Å². The summed E-state index contributed by atoms with van der Waals surface area (Å²) in [6.07, 6.45) is 8.36. The molecule has 3 heteroatoms. The van der Waals surface area contributed by atoms with Crippen LogP contribution in [-0.4, -0.2) is 23.0 Å². The third kappa shape index (κ3) is 3.66. The molecule has 1 aliphatic heterocycles. The van der Waals surface area contributed by atoms with E-state index in [1.54, 1.807) is 0 Å². The summed E-state index contributed by atoms with van der Waals surface area (Å²) < 4.78 is 0. The fourth-order valence-electron chi connectivity index (χ4n) is 3.06. The lowest BCUT2D eigenvalue weighted by molar-refractivity contribution is 0.284. The van der Waals surface area contributed by atoms with E-state index in [1.807, 2.05) is 11.8 Å². The van der Waals surface area contributed by atoms with Gasteiger partial charge in [-0.1, -0.05) is 51.8 Å². The average Bonchev–Trinajstić information content (AvgIpc) is 2.86.